The van der Waals surface area contributed by atoms with E-state index < -0.39 is 5.41 Å². The molecule has 0 spiro atoms. The Morgan fingerprint density at radius 3 is 1.79 bits per heavy atom. The summed E-state index contributed by atoms with van der Waals surface area (Å²) in [7, 11) is 0. The van der Waals surface area contributed by atoms with Gasteiger partial charge in [0, 0.05) is 22.0 Å². The molecular formula is C61H57NO. The molecule has 9 aromatic rings. The number of fused-ring (bicyclic) bond motifs is 6. The first-order chi connectivity index (χ1) is 30.8. The van der Waals surface area contributed by atoms with Gasteiger partial charge in [-0.2, -0.15) is 0 Å². The highest BCUT2D eigenvalue weighted by Gasteiger charge is 2.47. The highest BCUT2D eigenvalue weighted by Crippen LogP contribution is 2.57. The predicted molar refractivity (Wildman–Crippen MR) is 271 cm³/mol. The van der Waals surface area contributed by atoms with Crippen molar-refractivity contribution in [1.82, 2.24) is 0 Å². The molecule has 0 saturated carbocycles. The average Bonchev–Trinajstić information content (AvgIpc) is 3.87. The summed E-state index contributed by atoms with van der Waals surface area (Å²) < 4.78 is 6.77. The van der Waals surface area contributed by atoms with Crippen molar-refractivity contribution in [2.75, 3.05) is 5.32 Å². The molecule has 2 heteroatoms. The number of hydrogen-bond acceptors (Lipinski definition) is 2. The minimum absolute atomic E-state index is 0.353. The molecule has 2 nitrogen and oxygen atoms in total. The predicted octanol–water partition coefficient (Wildman–Crippen LogP) is 17.1. The van der Waals surface area contributed by atoms with E-state index in [2.05, 4.69) is 240 Å². The van der Waals surface area contributed by atoms with Gasteiger partial charge in [0.05, 0.1) is 11.0 Å². The third kappa shape index (κ3) is 7.94. The number of para-hydroxylation sites is 2. The maximum absolute atomic E-state index is 6.77. The lowest BCUT2D eigenvalue weighted by Gasteiger charge is -2.33. The monoisotopic (exact) mass is 819 g/mol. The van der Waals surface area contributed by atoms with Crippen LogP contribution in [-0.4, -0.2) is 0 Å². The number of furan rings is 1. The molecule has 8 aromatic carbocycles. The SMILES string of the molecule is C=C(/C=C\c1ccc(C2(c3cccc4c3oc3ccccc34)c3ccccc3-c3ccccc32)cc1)c1ccccc1C(C)(C)Nc1ccc(-c2ccccc2)cc1.CC.CCC. The Morgan fingerprint density at radius 2 is 1.11 bits per heavy atom. The van der Waals surface area contributed by atoms with Crippen LogP contribution in [0.5, 0.6) is 0 Å². The van der Waals surface area contributed by atoms with Gasteiger partial charge in [-0.3, -0.25) is 0 Å². The highest BCUT2D eigenvalue weighted by molar-refractivity contribution is 6.07. The Labute approximate surface area is 374 Å². The van der Waals surface area contributed by atoms with Crippen molar-refractivity contribution >= 4 is 39.3 Å². The van der Waals surface area contributed by atoms with Crippen molar-refractivity contribution in [2.24, 2.45) is 0 Å². The fourth-order valence-corrected chi connectivity index (χ4v) is 9.28. The Hall–Kier alpha value is -7.16. The lowest BCUT2D eigenvalue weighted by Crippen LogP contribution is -2.29. The number of nitrogens with one attached hydrogen (secondary N) is 1. The van der Waals surface area contributed by atoms with Crippen molar-refractivity contribution in [3.8, 4) is 22.3 Å². The molecule has 1 aliphatic carbocycles. The van der Waals surface area contributed by atoms with Gasteiger partial charge in [-0.05, 0) is 93.3 Å². The van der Waals surface area contributed by atoms with E-state index in [4.69, 9.17) is 4.42 Å². The maximum atomic E-state index is 6.77. The second-order valence-corrected chi connectivity index (χ2v) is 16.5. The molecule has 1 aliphatic rings. The summed E-state index contributed by atoms with van der Waals surface area (Å²) in [6, 6.07) is 69.5. The molecule has 0 amide bonds. The van der Waals surface area contributed by atoms with Crippen LogP contribution in [0.2, 0.25) is 0 Å². The van der Waals surface area contributed by atoms with Crippen LogP contribution in [0.4, 0.5) is 5.69 Å². The summed E-state index contributed by atoms with van der Waals surface area (Å²) in [5, 5.41) is 6.06. The molecule has 10 rings (SSSR count). The van der Waals surface area contributed by atoms with Gasteiger partial charge in [0.15, 0.2) is 0 Å². The molecule has 312 valence electrons. The highest BCUT2D eigenvalue weighted by atomic mass is 16.3. The van der Waals surface area contributed by atoms with Crippen LogP contribution in [0.25, 0.3) is 55.8 Å². The van der Waals surface area contributed by atoms with Gasteiger partial charge in [-0.25, -0.2) is 0 Å². The van der Waals surface area contributed by atoms with Gasteiger partial charge < -0.3 is 9.73 Å². The Kier molecular flexibility index (Phi) is 12.4. The zero-order valence-corrected chi connectivity index (χ0v) is 37.5. The second-order valence-electron chi connectivity index (χ2n) is 16.5. The van der Waals surface area contributed by atoms with E-state index in [1.54, 1.807) is 0 Å². The van der Waals surface area contributed by atoms with E-state index in [-0.39, 0.29) is 5.54 Å². The number of hydrogen-bond donors (Lipinski definition) is 1. The van der Waals surface area contributed by atoms with Crippen molar-refractivity contribution in [3.63, 3.8) is 0 Å². The lowest BCUT2D eigenvalue weighted by molar-refractivity contribution is 0.608. The maximum Gasteiger partial charge on any atom is 0.140 e. The first kappa shape index (κ1) is 42.5. The molecule has 1 heterocycles. The third-order valence-electron chi connectivity index (χ3n) is 12.0. The minimum atomic E-state index is -0.578. The third-order valence-corrected chi connectivity index (χ3v) is 12.0. The molecule has 0 atom stereocenters. The Bertz CT molecular complexity index is 2970. The molecule has 1 N–H and O–H groups in total. The fraction of sp³-hybridized carbons (Fsp3) is 0.148. The molecule has 0 aliphatic heterocycles. The molecule has 0 fully saturated rings. The number of benzene rings is 8. The Balaban J connectivity index is 0.00000105. The molecule has 0 unspecified atom stereocenters. The van der Waals surface area contributed by atoms with Crippen molar-refractivity contribution < 1.29 is 4.42 Å². The molecule has 0 radical (unpaired) electrons. The van der Waals surface area contributed by atoms with Crippen LogP contribution in [0, 0.1) is 0 Å². The minimum Gasteiger partial charge on any atom is -0.456 e. The number of rotatable bonds is 9. The first-order valence-corrected chi connectivity index (χ1v) is 22.4. The average molecular weight is 820 g/mol. The van der Waals surface area contributed by atoms with Crippen LogP contribution in [0.15, 0.2) is 211 Å². The van der Waals surface area contributed by atoms with Gasteiger partial charge >= 0.3 is 0 Å². The smallest absolute Gasteiger partial charge is 0.140 e. The summed E-state index contributed by atoms with van der Waals surface area (Å²) in [5.74, 6) is 0. The van der Waals surface area contributed by atoms with E-state index >= 15 is 0 Å². The number of allylic oxidation sites excluding steroid dienone is 2. The summed E-state index contributed by atoms with van der Waals surface area (Å²) in [6.45, 7) is 17.3. The quantitative estimate of drug-likeness (QED) is 0.147. The molecule has 0 bridgehead atoms. The van der Waals surface area contributed by atoms with Gasteiger partial charge in [-0.1, -0.05) is 229 Å². The summed E-state index contributed by atoms with van der Waals surface area (Å²) >= 11 is 0. The van der Waals surface area contributed by atoms with E-state index in [0.717, 1.165) is 49.9 Å². The van der Waals surface area contributed by atoms with Crippen molar-refractivity contribution in [3.05, 3.63) is 246 Å². The van der Waals surface area contributed by atoms with Crippen molar-refractivity contribution in [2.45, 2.75) is 58.9 Å². The van der Waals surface area contributed by atoms with E-state index in [9.17, 15) is 0 Å². The molecule has 63 heavy (non-hydrogen) atoms. The second kappa shape index (κ2) is 18.4. The molecule has 1 aromatic heterocycles. The lowest BCUT2D eigenvalue weighted by atomic mass is 9.67. The summed E-state index contributed by atoms with van der Waals surface area (Å²) in [6.07, 6.45) is 5.57. The number of anilines is 1. The zero-order chi connectivity index (χ0) is 44.0. The Morgan fingerprint density at radius 1 is 0.571 bits per heavy atom. The van der Waals surface area contributed by atoms with Crippen LogP contribution in [-0.2, 0) is 11.0 Å². The first-order valence-electron chi connectivity index (χ1n) is 22.4. The van der Waals surface area contributed by atoms with Crippen LogP contribution >= 0.6 is 0 Å². The van der Waals surface area contributed by atoms with Gasteiger partial charge in [0.25, 0.3) is 0 Å². The summed E-state index contributed by atoms with van der Waals surface area (Å²) in [5.41, 5.74) is 16.1. The van der Waals surface area contributed by atoms with Crippen molar-refractivity contribution in [1.29, 1.82) is 0 Å². The van der Waals surface area contributed by atoms with E-state index in [1.165, 1.54) is 50.9 Å². The standard InChI is InChI=1S/C56H43NO.C3H8.C2H6/c1-38(44-18-7-11-23-49(44)55(2,3)57-43-36-32-41(33-37-43)40-16-5-4-6-17-40)28-29-39-30-34-42(35-31-39)56(50-24-12-8-19-45(50)46-20-9-13-25-51(46)56)52-26-15-22-48-47-21-10-14-27-53(47)58-54(48)52;1-3-2;1-2/h4-37,57H,1H2,2-3H3;3H2,1-2H3;1-2H3/b29-28-;;. The zero-order valence-electron chi connectivity index (χ0n) is 37.5. The van der Waals surface area contributed by atoms with Gasteiger partial charge in [0.2, 0.25) is 0 Å². The molecule has 0 saturated heterocycles. The fourth-order valence-electron chi connectivity index (χ4n) is 9.28. The normalized spacial score (nSPS) is 12.5. The van der Waals surface area contributed by atoms with Gasteiger partial charge in [-0.15, -0.1) is 0 Å². The topological polar surface area (TPSA) is 25.2 Å². The van der Waals surface area contributed by atoms with Crippen LogP contribution < -0.4 is 5.32 Å². The summed E-state index contributed by atoms with van der Waals surface area (Å²) in [4.78, 5) is 0. The van der Waals surface area contributed by atoms with Gasteiger partial charge in [0.1, 0.15) is 11.2 Å². The molecular weight excluding hydrogens is 763 g/mol. The van der Waals surface area contributed by atoms with Crippen LogP contribution in [0.3, 0.4) is 0 Å². The van der Waals surface area contributed by atoms with Crippen LogP contribution in [0.1, 0.15) is 86.9 Å². The largest absolute Gasteiger partial charge is 0.456 e. The van der Waals surface area contributed by atoms with E-state index in [1.807, 2.05) is 19.9 Å². The van der Waals surface area contributed by atoms with E-state index in [0.29, 0.717) is 0 Å².